The van der Waals surface area contributed by atoms with Crippen molar-refractivity contribution in [2.75, 3.05) is 0 Å². The SMILES string of the molecule is c1cncc(-c2cncc(-c3cnccc3-c3ccc(-c4ccncc4-c4cncc(-c5cccnc5)c4)nn3)c2)c1. The molecule has 0 aliphatic heterocycles. The van der Waals surface area contributed by atoms with Gasteiger partial charge < -0.3 is 0 Å². The molecule has 0 saturated carbocycles. The van der Waals surface area contributed by atoms with E-state index in [2.05, 4.69) is 52.2 Å². The summed E-state index contributed by atoms with van der Waals surface area (Å²) in [6.07, 6.45) is 21.7. The minimum atomic E-state index is 0.735. The van der Waals surface area contributed by atoms with Crippen LogP contribution in [0.1, 0.15) is 0 Å². The molecule has 0 fully saturated rings. The molecule has 7 heterocycles. The van der Waals surface area contributed by atoms with Crippen LogP contribution in [0.3, 0.4) is 0 Å². The Labute approximate surface area is 241 Å². The molecule has 0 N–H and O–H groups in total. The number of hydrogen-bond donors (Lipinski definition) is 0. The third kappa shape index (κ3) is 5.00. The number of nitrogens with zero attached hydrogens (tertiary/aromatic N) is 8. The van der Waals surface area contributed by atoms with E-state index >= 15 is 0 Å². The first-order valence-electron chi connectivity index (χ1n) is 13.3. The maximum absolute atomic E-state index is 4.64. The maximum Gasteiger partial charge on any atom is 0.0937 e. The van der Waals surface area contributed by atoms with Gasteiger partial charge in [-0.15, -0.1) is 10.2 Å². The molecular formula is C34H22N8. The summed E-state index contributed by atoms with van der Waals surface area (Å²) >= 11 is 0. The van der Waals surface area contributed by atoms with Crippen LogP contribution in [0.5, 0.6) is 0 Å². The molecular weight excluding hydrogens is 520 g/mol. The smallest absolute Gasteiger partial charge is 0.0937 e. The van der Waals surface area contributed by atoms with E-state index in [1.54, 1.807) is 24.8 Å². The van der Waals surface area contributed by atoms with Gasteiger partial charge in [-0.2, -0.15) is 0 Å². The topological polar surface area (TPSA) is 103 Å². The van der Waals surface area contributed by atoms with Gasteiger partial charge in [-0.3, -0.25) is 29.9 Å². The van der Waals surface area contributed by atoms with Crippen LogP contribution in [-0.2, 0) is 0 Å². The van der Waals surface area contributed by atoms with Crippen molar-refractivity contribution in [3.63, 3.8) is 0 Å². The van der Waals surface area contributed by atoms with E-state index in [1.807, 2.05) is 98.1 Å². The van der Waals surface area contributed by atoms with Crippen LogP contribution in [-0.4, -0.2) is 40.1 Å². The Kier molecular flexibility index (Phi) is 6.68. The van der Waals surface area contributed by atoms with Crippen molar-refractivity contribution in [2.45, 2.75) is 0 Å². The Morgan fingerprint density at radius 1 is 0.310 bits per heavy atom. The van der Waals surface area contributed by atoms with Gasteiger partial charge in [-0.05, 0) is 48.5 Å². The van der Waals surface area contributed by atoms with Crippen LogP contribution in [0.4, 0.5) is 0 Å². The standard InChI is InChI=1S/C34H22N8/c1-3-23(15-35-9-1)25-13-27(19-39-17-25)31-21-37-11-7-29(31)33-5-6-34(42-41-33)30-8-12-38-22-32(30)28-14-26(18-40-20-28)24-4-2-10-36-16-24/h1-22H. The molecule has 8 heteroatoms. The molecule has 0 amide bonds. The third-order valence-corrected chi connectivity index (χ3v) is 6.95. The predicted octanol–water partition coefficient (Wildman–Crippen LogP) is 6.85. The number of rotatable bonds is 6. The van der Waals surface area contributed by atoms with Crippen molar-refractivity contribution in [3.8, 4) is 67.0 Å². The molecule has 0 spiro atoms. The summed E-state index contributed by atoms with van der Waals surface area (Å²) in [7, 11) is 0. The second kappa shape index (κ2) is 11.2. The fourth-order valence-electron chi connectivity index (χ4n) is 4.87. The fraction of sp³-hybridized carbons (Fsp3) is 0. The van der Waals surface area contributed by atoms with Crippen LogP contribution >= 0.6 is 0 Å². The highest BCUT2D eigenvalue weighted by Gasteiger charge is 2.14. The lowest BCUT2D eigenvalue weighted by Gasteiger charge is -2.12. The average Bonchev–Trinajstić information content (AvgIpc) is 3.09. The quantitative estimate of drug-likeness (QED) is 0.225. The van der Waals surface area contributed by atoms with E-state index in [4.69, 9.17) is 0 Å². The van der Waals surface area contributed by atoms with Gasteiger partial charge in [0.2, 0.25) is 0 Å². The largest absolute Gasteiger partial charge is 0.264 e. The minimum absolute atomic E-state index is 0.735. The van der Waals surface area contributed by atoms with E-state index < -0.39 is 0 Å². The van der Waals surface area contributed by atoms with Crippen LogP contribution < -0.4 is 0 Å². The zero-order chi connectivity index (χ0) is 28.1. The van der Waals surface area contributed by atoms with Crippen LogP contribution in [0.15, 0.2) is 135 Å². The maximum atomic E-state index is 4.64. The molecule has 198 valence electrons. The lowest BCUT2D eigenvalue weighted by atomic mass is 9.97. The van der Waals surface area contributed by atoms with Crippen molar-refractivity contribution in [1.29, 1.82) is 0 Å². The summed E-state index contributed by atoms with van der Waals surface area (Å²) in [6, 6.07) is 19.9. The second-order valence-corrected chi connectivity index (χ2v) is 9.55. The van der Waals surface area contributed by atoms with Crippen molar-refractivity contribution < 1.29 is 0 Å². The van der Waals surface area contributed by atoms with E-state index in [-0.39, 0.29) is 0 Å². The first-order chi connectivity index (χ1) is 20.8. The van der Waals surface area contributed by atoms with Crippen LogP contribution in [0, 0.1) is 0 Å². The molecule has 42 heavy (non-hydrogen) atoms. The van der Waals surface area contributed by atoms with Crippen LogP contribution in [0.2, 0.25) is 0 Å². The third-order valence-electron chi connectivity index (χ3n) is 6.95. The van der Waals surface area contributed by atoms with Crippen LogP contribution in [0.25, 0.3) is 67.0 Å². The van der Waals surface area contributed by atoms with Gasteiger partial charge in [0, 0.05) is 130 Å². The molecule has 0 unspecified atom stereocenters. The number of aromatic nitrogens is 8. The highest BCUT2D eigenvalue weighted by Crippen LogP contribution is 2.34. The van der Waals surface area contributed by atoms with Crippen molar-refractivity contribution in [2.24, 2.45) is 0 Å². The number of pyridine rings is 6. The van der Waals surface area contributed by atoms with E-state index in [9.17, 15) is 0 Å². The van der Waals surface area contributed by atoms with Gasteiger partial charge in [-0.1, -0.05) is 12.1 Å². The molecule has 0 bridgehead atoms. The van der Waals surface area contributed by atoms with Gasteiger partial charge in [0.25, 0.3) is 0 Å². The van der Waals surface area contributed by atoms with Crippen molar-refractivity contribution in [1.82, 2.24) is 40.1 Å². The first kappa shape index (κ1) is 25.0. The fourth-order valence-corrected chi connectivity index (χ4v) is 4.87. The monoisotopic (exact) mass is 542 g/mol. The normalized spacial score (nSPS) is 10.9. The molecule has 0 atom stereocenters. The van der Waals surface area contributed by atoms with Gasteiger partial charge in [-0.25, -0.2) is 0 Å². The summed E-state index contributed by atoms with van der Waals surface area (Å²) in [5.74, 6) is 0. The number of hydrogen-bond acceptors (Lipinski definition) is 8. The van der Waals surface area contributed by atoms with Gasteiger partial charge in [0.15, 0.2) is 0 Å². The Hall–Kier alpha value is -6.02. The summed E-state index contributed by atoms with van der Waals surface area (Å²) < 4.78 is 0. The summed E-state index contributed by atoms with van der Waals surface area (Å²) in [5.41, 5.74) is 10.9. The molecule has 7 aromatic heterocycles. The molecule has 8 nitrogen and oxygen atoms in total. The lowest BCUT2D eigenvalue weighted by molar-refractivity contribution is 1.04. The van der Waals surface area contributed by atoms with Crippen molar-refractivity contribution >= 4 is 0 Å². The molecule has 7 rings (SSSR count). The Balaban J connectivity index is 1.23. The molecule has 0 aliphatic carbocycles. The van der Waals surface area contributed by atoms with E-state index in [1.165, 1.54) is 0 Å². The van der Waals surface area contributed by atoms with Gasteiger partial charge in [0.1, 0.15) is 0 Å². The predicted molar refractivity (Wildman–Crippen MR) is 161 cm³/mol. The molecule has 0 radical (unpaired) electrons. The lowest BCUT2D eigenvalue weighted by Crippen LogP contribution is -1.96. The highest BCUT2D eigenvalue weighted by atomic mass is 15.1. The van der Waals surface area contributed by atoms with Crippen molar-refractivity contribution in [3.05, 3.63) is 135 Å². The minimum Gasteiger partial charge on any atom is -0.264 e. The zero-order valence-electron chi connectivity index (χ0n) is 22.3. The van der Waals surface area contributed by atoms with Gasteiger partial charge >= 0.3 is 0 Å². The summed E-state index contributed by atoms with van der Waals surface area (Å²) in [5, 5.41) is 9.28. The van der Waals surface area contributed by atoms with Gasteiger partial charge in [0.05, 0.1) is 11.4 Å². The molecule has 0 aromatic carbocycles. The second-order valence-electron chi connectivity index (χ2n) is 9.55. The van der Waals surface area contributed by atoms with E-state index in [0.29, 0.717) is 0 Å². The first-order valence-corrected chi connectivity index (χ1v) is 13.3. The summed E-state index contributed by atoms with van der Waals surface area (Å²) in [6.45, 7) is 0. The Bertz CT molecular complexity index is 1830. The molecule has 7 aromatic rings. The summed E-state index contributed by atoms with van der Waals surface area (Å²) in [4.78, 5) is 26.2. The Morgan fingerprint density at radius 3 is 1.17 bits per heavy atom. The Morgan fingerprint density at radius 2 is 0.738 bits per heavy atom. The average molecular weight is 543 g/mol. The molecule has 0 aliphatic rings. The highest BCUT2D eigenvalue weighted by molar-refractivity contribution is 5.85. The van der Waals surface area contributed by atoms with E-state index in [0.717, 1.165) is 67.0 Å². The molecule has 0 saturated heterocycles. The zero-order valence-corrected chi connectivity index (χ0v) is 22.3.